The van der Waals surface area contributed by atoms with Crippen molar-refractivity contribution in [3.05, 3.63) is 35.9 Å². The van der Waals surface area contributed by atoms with E-state index in [1.165, 1.54) is 11.8 Å². The van der Waals surface area contributed by atoms with Crippen LogP contribution in [0.5, 0.6) is 0 Å². The van der Waals surface area contributed by atoms with E-state index < -0.39 is 6.04 Å². The number of likely N-dealkylation sites (tertiary alicyclic amines) is 2. The number of nitrogens with zero attached hydrogens (tertiary/aromatic N) is 2. The molecule has 0 aliphatic carbocycles. The van der Waals surface area contributed by atoms with Crippen molar-refractivity contribution in [2.75, 3.05) is 6.54 Å². The minimum absolute atomic E-state index is 0.132. The Balaban J connectivity index is 1.86. The lowest BCUT2D eigenvalue weighted by molar-refractivity contribution is -0.144. The third kappa shape index (κ3) is 2.33. The maximum Gasteiger partial charge on any atom is 0.253 e. The van der Waals surface area contributed by atoms with Gasteiger partial charge >= 0.3 is 0 Å². The zero-order valence-electron chi connectivity index (χ0n) is 12.0. The SMILES string of the molecule is CC(=O)N1CCCC2C(=O)N(Cc3ccccc3)C(=O)[C@H]21. The summed E-state index contributed by atoms with van der Waals surface area (Å²) < 4.78 is 0. The molecule has 110 valence electrons. The fourth-order valence-corrected chi connectivity index (χ4v) is 3.30. The molecular weight excluding hydrogens is 268 g/mol. The van der Waals surface area contributed by atoms with Gasteiger partial charge in [-0.15, -0.1) is 0 Å². The molecule has 2 atom stereocenters. The van der Waals surface area contributed by atoms with Gasteiger partial charge in [-0.2, -0.15) is 0 Å². The van der Waals surface area contributed by atoms with Gasteiger partial charge in [0.05, 0.1) is 12.5 Å². The molecule has 2 aliphatic heterocycles. The first-order valence-corrected chi connectivity index (χ1v) is 7.26. The van der Waals surface area contributed by atoms with Gasteiger partial charge in [0, 0.05) is 13.5 Å². The van der Waals surface area contributed by atoms with Gasteiger partial charge in [0.2, 0.25) is 11.8 Å². The summed E-state index contributed by atoms with van der Waals surface area (Å²) >= 11 is 0. The first-order chi connectivity index (χ1) is 10.1. The second-order valence-corrected chi connectivity index (χ2v) is 5.65. The van der Waals surface area contributed by atoms with Crippen molar-refractivity contribution >= 4 is 17.7 Å². The summed E-state index contributed by atoms with van der Waals surface area (Å²) in [6.07, 6.45) is 1.46. The van der Waals surface area contributed by atoms with Crippen LogP contribution in [0.3, 0.4) is 0 Å². The van der Waals surface area contributed by atoms with Gasteiger partial charge in [-0.3, -0.25) is 19.3 Å². The number of carbonyl (C=O) groups excluding carboxylic acids is 3. The summed E-state index contributed by atoms with van der Waals surface area (Å²) in [5.74, 6) is -0.866. The molecule has 21 heavy (non-hydrogen) atoms. The number of benzene rings is 1. The Morgan fingerprint density at radius 1 is 1.19 bits per heavy atom. The van der Waals surface area contributed by atoms with Gasteiger partial charge in [0.1, 0.15) is 6.04 Å². The Morgan fingerprint density at radius 2 is 1.90 bits per heavy atom. The van der Waals surface area contributed by atoms with Gasteiger partial charge in [-0.05, 0) is 18.4 Å². The zero-order valence-corrected chi connectivity index (χ0v) is 12.0. The topological polar surface area (TPSA) is 57.7 Å². The second-order valence-electron chi connectivity index (χ2n) is 5.65. The molecule has 3 amide bonds. The van der Waals surface area contributed by atoms with Crippen LogP contribution in [0.25, 0.3) is 0 Å². The monoisotopic (exact) mass is 286 g/mol. The van der Waals surface area contributed by atoms with Crippen molar-refractivity contribution in [2.24, 2.45) is 5.92 Å². The molecule has 2 heterocycles. The van der Waals surface area contributed by atoms with Gasteiger partial charge < -0.3 is 4.90 Å². The predicted molar refractivity (Wildman–Crippen MR) is 75.9 cm³/mol. The van der Waals surface area contributed by atoms with Crippen molar-refractivity contribution in [3.63, 3.8) is 0 Å². The highest BCUT2D eigenvalue weighted by Gasteiger charge is 2.52. The number of hydrogen-bond acceptors (Lipinski definition) is 3. The molecule has 0 N–H and O–H groups in total. The minimum Gasteiger partial charge on any atom is -0.330 e. The molecular formula is C16H18N2O3. The first-order valence-electron chi connectivity index (χ1n) is 7.26. The van der Waals surface area contributed by atoms with Crippen LogP contribution in [0, 0.1) is 5.92 Å². The fraction of sp³-hybridized carbons (Fsp3) is 0.438. The van der Waals surface area contributed by atoms with Crippen LogP contribution in [0.1, 0.15) is 25.3 Å². The first kappa shape index (κ1) is 13.8. The van der Waals surface area contributed by atoms with E-state index in [-0.39, 0.29) is 30.2 Å². The number of fused-ring (bicyclic) bond motifs is 1. The number of carbonyl (C=O) groups is 3. The maximum absolute atomic E-state index is 12.6. The molecule has 0 radical (unpaired) electrons. The molecule has 0 aromatic heterocycles. The largest absolute Gasteiger partial charge is 0.330 e. The van der Waals surface area contributed by atoms with Crippen molar-refractivity contribution in [1.29, 1.82) is 0 Å². The van der Waals surface area contributed by atoms with Crippen LogP contribution in [-0.2, 0) is 20.9 Å². The van der Waals surface area contributed by atoms with Crippen LogP contribution in [0.4, 0.5) is 0 Å². The van der Waals surface area contributed by atoms with E-state index >= 15 is 0 Å². The minimum atomic E-state index is -0.590. The van der Waals surface area contributed by atoms with E-state index in [9.17, 15) is 14.4 Å². The molecule has 1 aromatic carbocycles. The van der Waals surface area contributed by atoms with Gasteiger partial charge in [-0.1, -0.05) is 30.3 Å². The van der Waals surface area contributed by atoms with Crippen LogP contribution >= 0.6 is 0 Å². The van der Waals surface area contributed by atoms with Crippen LogP contribution in [0.15, 0.2) is 30.3 Å². The Bertz CT molecular complexity index is 584. The molecule has 0 bridgehead atoms. The molecule has 2 fully saturated rings. The number of rotatable bonds is 2. The summed E-state index contributed by atoms with van der Waals surface area (Å²) in [5.41, 5.74) is 0.923. The van der Waals surface area contributed by atoms with E-state index in [0.29, 0.717) is 13.0 Å². The molecule has 5 heteroatoms. The van der Waals surface area contributed by atoms with Crippen molar-refractivity contribution in [3.8, 4) is 0 Å². The van der Waals surface area contributed by atoms with Crippen molar-refractivity contribution in [2.45, 2.75) is 32.4 Å². The zero-order chi connectivity index (χ0) is 15.0. The van der Waals surface area contributed by atoms with Crippen molar-refractivity contribution < 1.29 is 14.4 Å². The third-order valence-electron chi connectivity index (χ3n) is 4.32. The third-order valence-corrected chi connectivity index (χ3v) is 4.32. The molecule has 2 saturated heterocycles. The van der Waals surface area contributed by atoms with Gasteiger partial charge in [-0.25, -0.2) is 0 Å². The maximum atomic E-state index is 12.6. The Kier molecular flexibility index (Phi) is 3.49. The average Bonchev–Trinajstić information content (AvgIpc) is 2.73. The van der Waals surface area contributed by atoms with Gasteiger partial charge in [0.25, 0.3) is 5.91 Å². The highest BCUT2D eigenvalue weighted by atomic mass is 16.2. The molecule has 0 saturated carbocycles. The van der Waals surface area contributed by atoms with Crippen LogP contribution in [-0.4, -0.2) is 40.1 Å². The summed E-state index contributed by atoms with van der Waals surface area (Å²) in [5, 5.41) is 0. The molecule has 5 nitrogen and oxygen atoms in total. The Morgan fingerprint density at radius 3 is 2.57 bits per heavy atom. The van der Waals surface area contributed by atoms with Crippen molar-refractivity contribution in [1.82, 2.24) is 9.80 Å². The lowest BCUT2D eigenvalue weighted by Crippen LogP contribution is -2.50. The lowest BCUT2D eigenvalue weighted by atomic mass is 9.91. The molecule has 0 spiro atoms. The van der Waals surface area contributed by atoms with E-state index in [0.717, 1.165) is 12.0 Å². The lowest BCUT2D eigenvalue weighted by Gasteiger charge is -2.33. The summed E-state index contributed by atoms with van der Waals surface area (Å²) in [7, 11) is 0. The fourth-order valence-electron chi connectivity index (χ4n) is 3.30. The highest BCUT2D eigenvalue weighted by molar-refractivity contribution is 6.08. The van der Waals surface area contributed by atoms with E-state index in [1.807, 2.05) is 30.3 Å². The predicted octanol–water partition coefficient (Wildman–Crippen LogP) is 1.18. The number of amides is 3. The number of hydrogen-bond donors (Lipinski definition) is 0. The molecule has 1 aromatic rings. The summed E-state index contributed by atoms with van der Waals surface area (Å²) in [4.78, 5) is 39.6. The Hall–Kier alpha value is -2.17. The average molecular weight is 286 g/mol. The van der Waals surface area contributed by atoms with Crippen LogP contribution < -0.4 is 0 Å². The van der Waals surface area contributed by atoms with E-state index in [1.54, 1.807) is 4.90 Å². The summed E-state index contributed by atoms with van der Waals surface area (Å²) in [6.45, 7) is 2.31. The van der Waals surface area contributed by atoms with Crippen LogP contribution in [0.2, 0.25) is 0 Å². The van der Waals surface area contributed by atoms with Gasteiger partial charge in [0.15, 0.2) is 0 Å². The standard InChI is InChI=1S/C16H18N2O3/c1-11(19)17-9-5-8-13-14(17)16(21)18(15(13)20)10-12-6-3-2-4-7-12/h2-4,6-7,13-14H,5,8-10H2,1H3/t13?,14-/m0/s1. The highest BCUT2D eigenvalue weighted by Crippen LogP contribution is 2.33. The molecule has 1 unspecified atom stereocenters. The summed E-state index contributed by atoms with van der Waals surface area (Å²) in [6, 6.07) is 8.86. The number of piperidine rings is 1. The second kappa shape index (κ2) is 5.31. The molecule has 3 rings (SSSR count). The quantitative estimate of drug-likeness (QED) is 0.767. The number of imide groups is 1. The normalized spacial score (nSPS) is 25.2. The Labute approximate surface area is 123 Å². The van der Waals surface area contributed by atoms with E-state index in [4.69, 9.17) is 0 Å². The smallest absolute Gasteiger partial charge is 0.253 e. The molecule has 2 aliphatic rings. The van der Waals surface area contributed by atoms with E-state index in [2.05, 4.69) is 0 Å².